The molecule has 0 fully saturated rings. The number of nitrogens with zero attached hydrogens (tertiary/aromatic N) is 1. The molecule has 2 aromatic heterocycles. The van der Waals surface area contributed by atoms with Crippen molar-refractivity contribution in [3.63, 3.8) is 0 Å². The highest BCUT2D eigenvalue weighted by Gasteiger charge is 2.10. The zero-order valence-corrected chi connectivity index (χ0v) is 9.25. The van der Waals surface area contributed by atoms with Gasteiger partial charge in [0, 0.05) is 22.3 Å². The number of carbonyl (C=O) groups is 1. The number of hydrogen-bond acceptors (Lipinski definition) is 3. The Morgan fingerprint density at radius 1 is 1.40 bits per heavy atom. The molecule has 3 heteroatoms. The van der Waals surface area contributed by atoms with Crippen molar-refractivity contribution in [3.8, 4) is 0 Å². The Morgan fingerprint density at radius 2 is 2.27 bits per heavy atom. The van der Waals surface area contributed by atoms with E-state index in [0.717, 1.165) is 16.1 Å². The lowest BCUT2D eigenvalue weighted by atomic mass is 10.1. The van der Waals surface area contributed by atoms with Crippen LogP contribution in [-0.2, 0) is 6.42 Å². The largest absolute Gasteiger partial charge is 0.294 e. The summed E-state index contributed by atoms with van der Waals surface area (Å²) in [7, 11) is 0. The molecule has 0 spiro atoms. The van der Waals surface area contributed by atoms with Gasteiger partial charge in [0.05, 0.1) is 6.42 Å². The number of carbonyl (C=O) groups excluding carboxylic acids is 1. The fourth-order valence-electron chi connectivity index (χ4n) is 1.44. The molecule has 0 unspecified atom stereocenters. The fraction of sp³-hybridized carbons (Fsp3) is 0.167. The van der Waals surface area contributed by atoms with E-state index in [1.807, 2.05) is 36.6 Å². The average molecular weight is 217 g/mol. The molecular weight excluding hydrogens is 206 g/mol. The van der Waals surface area contributed by atoms with E-state index in [0.29, 0.717) is 6.42 Å². The number of ketones is 1. The van der Waals surface area contributed by atoms with Crippen LogP contribution in [-0.4, -0.2) is 10.8 Å². The minimum Gasteiger partial charge on any atom is -0.294 e. The summed E-state index contributed by atoms with van der Waals surface area (Å²) in [6, 6.07) is 7.50. The Kier molecular flexibility index (Phi) is 2.92. The van der Waals surface area contributed by atoms with Gasteiger partial charge >= 0.3 is 0 Å². The summed E-state index contributed by atoms with van der Waals surface area (Å²) >= 11 is 1.60. The molecule has 2 nitrogen and oxygen atoms in total. The molecule has 2 rings (SSSR count). The van der Waals surface area contributed by atoms with Gasteiger partial charge in [0.1, 0.15) is 0 Å². The topological polar surface area (TPSA) is 30.0 Å². The molecule has 0 amide bonds. The van der Waals surface area contributed by atoms with Crippen LogP contribution in [0.2, 0.25) is 0 Å². The summed E-state index contributed by atoms with van der Waals surface area (Å²) in [6.07, 6.45) is 2.10. The van der Waals surface area contributed by atoms with Gasteiger partial charge < -0.3 is 0 Å². The van der Waals surface area contributed by atoms with Crippen molar-refractivity contribution in [1.82, 2.24) is 4.98 Å². The van der Waals surface area contributed by atoms with Gasteiger partial charge in [0.15, 0.2) is 5.78 Å². The molecule has 0 aromatic carbocycles. The number of aryl methyl sites for hydroxylation is 1. The predicted molar refractivity (Wildman–Crippen MR) is 61.3 cm³/mol. The van der Waals surface area contributed by atoms with Crippen LogP contribution >= 0.6 is 11.3 Å². The number of pyridine rings is 1. The van der Waals surface area contributed by atoms with Crippen LogP contribution in [0.4, 0.5) is 0 Å². The quantitative estimate of drug-likeness (QED) is 0.740. The van der Waals surface area contributed by atoms with Crippen LogP contribution < -0.4 is 0 Å². The molecule has 2 aromatic rings. The molecule has 0 saturated heterocycles. The summed E-state index contributed by atoms with van der Waals surface area (Å²) in [5.74, 6) is 0.146. The van der Waals surface area contributed by atoms with Gasteiger partial charge in [0.2, 0.25) is 0 Å². The van der Waals surface area contributed by atoms with Gasteiger partial charge in [-0.2, -0.15) is 0 Å². The lowest BCUT2D eigenvalue weighted by Gasteiger charge is -1.99. The van der Waals surface area contributed by atoms with E-state index < -0.39 is 0 Å². The van der Waals surface area contributed by atoms with E-state index in [2.05, 4.69) is 4.98 Å². The first kappa shape index (κ1) is 10.1. The van der Waals surface area contributed by atoms with E-state index in [-0.39, 0.29) is 5.78 Å². The monoisotopic (exact) mass is 217 g/mol. The van der Waals surface area contributed by atoms with Crippen molar-refractivity contribution in [1.29, 1.82) is 0 Å². The third-order valence-corrected chi connectivity index (χ3v) is 3.07. The molecule has 0 bridgehead atoms. The fourth-order valence-corrected chi connectivity index (χ4v) is 2.15. The van der Waals surface area contributed by atoms with E-state index >= 15 is 0 Å². The number of rotatable bonds is 3. The van der Waals surface area contributed by atoms with E-state index in [1.54, 1.807) is 17.5 Å². The van der Waals surface area contributed by atoms with Crippen LogP contribution in [0.5, 0.6) is 0 Å². The lowest BCUT2D eigenvalue weighted by Crippen LogP contribution is -2.04. The maximum atomic E-state index is 11.9. The zero-order chi connectivity index (χ0) is 10.7. The summed E-state index contributed by atoms with van der Waals surface area (Å²) in [6.45, 7) is 1.97. The Hall–Kier alpha value is -1.48. The third-order valence-electron chi connectivity index (χ3n) is 2.23. The molecule has 0 aliphatic heterocycles. The number of Topliss-reactive ketones (excluding diaryl/α,β-unsaturated/α-hetero) is 1. The molecule has 0 saturated carbocycles. The van der Waals surface area contributed by atoms with Gasteiger partial charge in [-0.3, -0.25) is 9.78 Å². The Labute approximate surface area is 92.6 Å². The standard InChI is InChI=1S/C12H11NOS/c1-9-11(5-7-15-9)12(14)8-10-4-2-3-6-13-10/h2-7H,8H2,1H3. The van der Waals surface area contributed by atoms with Gasteiger partial charge in [-0.05, 0) is 30.5 Å². The predicted octanol–water partition coefficient (Wildman–Crippen LogP) is 2.88. The van der Waals surface area contributed by atoms with Crippen molar-refractivity contribution in [2.24, 2.45) is 0 Å². The second kappa shape index (κ2) is 4.36. The molecule has 0 aliphatic carbocycles. The molecule has 2 heterocycles. The molecule has 0 radical (unpaired) electrons. The highest BCUT2D eigenvalue weighted by Crippen LogP contribution is 2.16. The number of hydrogen-bond donors (Lipinski definition) is 0. The van der Waals surface area contributed by atoms with Crippen LogP contribution in [0.25, 0.3) is 0 Å². The molecule has 0 atom stereocenters. The second-order valence-electron chi connectivity index (χ2n) is 3.31. The van der Waals surface area contributed by atoms with Gasteiger partial charge in [-0.1, -0.05) is 6.07 Å². The number of aromatic nitrogens is 1. The zero-order valence-electron chi connectivity index (χ0n) is 8.43. The second-order valence-corrected chi connectivity index (χ2v) is 4.43. The van der Waals surface area contributed by atoms with E-state index in [4.69, 9.17) is 0 Å². The maximum Gasteiger partial charge on any atom is 0.169 e. The highest BCUT2D eigenvalue weighted by molar-refractivity contribution is 7.10. The first-order chi connectivity index (χ1) is 7.27. The summed E-state index contributed by atoms with van der Waals surface area (Å²) < 4.78 is 0. The Bertz CT molecular complexity index is 461. The molecule has 15 heavy (non-hydrogen) atoms. The van der Waals surface area contributed by atoms with Crippen molar-refractivity contribution >= 4 is 17.1 Å². The highest BCUT2D eigenvalue weighted by atomic mass is 32.1. The molecule has 76 valence electrons. The van der Waals surface area contributed by atoms with Crippen molar-refractivity contribution < 1.29 is 4.79 Å². The van der Waals surface area contributed by atoms with Crippen LogP contribution in [0.1, 0.15) is 20.9 Å². The van der Waals surface area contributed by atoms with Crippen molar-refractivity contribution in [2.45, 2.75) is 13.3 Å². The van der Waals surface area contributed by atoms with E-state index in [9.17, 15) is 4.79 Å². The normalized spacial score (nSPS) is 10.2. The smallest absolute Gasteiger partial charge is 0.169 e. The summed E-state index contributed by atoms with van der Waals surface area (Å²) in [4.78, 5) is 17.1. The van der Waals surface area contributed by atoms with Crippen LogP contribution in [0.15, 0.2) is 35.8 Å². The average Bonchev–Trinajstić information content (AvgIpc) is 2.66. The maximum absolute atomic E-state index is 11.9. The first-order valence-electron chi connectivity index (χ1n) is 4.74. The molecule has 0 aliphatic rings. The van der Waals surface area contributed by atoms with Gasteiger partial charge in [0.25, 0.3) is 0 Å². The minimum atomic E-state index is 0.146. The van der Waals surface area contributed by atoms with Gasteiger partial charge in [-0.15, -0.1) is 11.3 Å². The van der Waals surface area contributed by atoms with E-state index in [1.165, 1.54) is 0 Å². The molecule has 0 N–H and O–H groups in total. The Morgan fingerprint density at radius 3 is 2.87 bits per heavy atom. The summed E-state index contributed by atoms with van der Waals surface area (Å²) in [5.41, 5.74) is 1.65. The first-order valence-corrected chi connectivity index (χ1v) is 5.62. The van der Waals surface area contributed by atoms with Crippen molar-refractivity contribution in [3.05, 3.63) is 52.0 Å². The van der Waals surface area contributed by atoms with Crippen molar-refractivity contribution in [2.75, 3.05) is 0 Å². The Balaban J connectivity index is 2.15. The van der Waals surface area contributed by atoms with Crippen LogP contribution in [0, 0.1) is 6.92 Å². The summed E-state index contributed by atoms with van der Waals surface area (Å²) in [5, 5.41) is 1.95. The lowest BCUT2D eigenvalue weighted by molar-refractivity contribution is 0.0992. The van der Waals surface area contributed by atoms with Gasteiger partial charge in [-0.25, -0.2) is 0 Å². The minimum absolute atomic E-state index is 0.146. The number of thiophene rings is 1. The molecular formula is C12H11NOS. The third kappa shape index (κ3) is 2.30. The van der Waals surface area contributed by atoms with Crippen LogP contribution in [0.3, 0.4) is 0 Å². The SMILES string of the molecule is Cc1sccc1C(=O)Cc1ccccn1.